The van der Waals surface area contributed by atoms with Crippen LogP contribution >= 0.6 is 8.37 Å². The number of hydrazine groups is 1. The summed E-state index contributed by atoms with van der Waals surface area (Å²) in [7, 11) is -3.78. The zero-order valence-electron chi connectivity index (χ0n) is 18.5. The van der Waals surface area contributed by atoms with Gasteiger partial charge in [0.05, 0.1) is 11.2 Å². The molecule has 6 heteroatoms. The van der Waals surface area contributed by atoms with Crippen molar-refractivity contribution < 1.29 is 0 Å². The SMILES string of the molecule is Cc1cc(C)c(N([PH+]2N(C(C)(C)C)N2[Si](C)(C)C)[Si](C)(C)C)c(C)c1. The Labute approximate surface area is 159 Å². The van der Waals surface area contributed by atoms with E-state index in [4.69, 9.17) is 0 Å². The summed E-state index contributed by atoms with van der Waals surface area (Å²) in [4.78, 5) is 0. The fourth-order valence-corrected chi connectivity index (χ4v) is 15.2. The van der Waals surface area contributed by atoms with Gasteiger partial charge in [-0.15, -0.1) is 0 Å². The minimum absolute atomic E-state index is 0.193. The van der Waals surface area contributed by atoms with Crippen LogP contribution in [0.3, 0.4) is 0 Å². The van der Waals surface area contributed by atoms with Crippen molar-refractivity contribution in [1.29, 1.82) is 0 Å². The normalized spacial score (nSPS) is 24.4. The molecule has 1 aliphatic rings. The lowest BCUT2D eigenvalue weighted by Crippen LogP contribution is -2.43. The maximum Gasteiger partial charge on any atom is 0.255 e. The number of nitrogens with zero attached hydrogens (tertiary/aromatic N) is 3. The van der Waals surface area contributed by atoms with Crippen molar-refractivity contribution in [2.24, 2.45) is 0 Å². The van der Waals surface area contributed by atoms with Crippen LogP contribution in [0.25, 0.3) is 0 Å². The van der Waals surface area contributed by atoms with Crippen molar-refractivity contribution in [1.82, 2.24) is 9.22 Å². The molecule has 1 aromatic rings. The molecule has 3 nitrogen and oxygen atoms in total. The van der Waals surface area contributed by atoms with Crippen LogP contribution in [0.15, 0.2) is 12.1 Å². The first kappa shape index (κ1) is 21.1. The van der Waals surface area contributed by atoms with Crippen LogP contribution in [-0.4, -0.2) is 31.2 Å². The van der Waals surface area contributed by atoms with Crippen LogP contribution in [0, 0.1) is 20.8 Å². The number of benzene rings is 1. The molecule has 0 amide bonds. The number of rotatable bonds is 4. The lowest BCUT2D eigenvalue weighted by Gasteiger charge is -2.33. The molecule has 1 aromatic carbocycles. The Morgan fingerprint density at radius 3 is 1.60 bits per heavy atom. The van der Waals surface area contributed by atoms with Gasteiger partial charge < -0.3 is 0 Å². The molecule has 0 N–H and O–H groups in total. The molecular weight excluding hydrogens is 357 g/mol. The fourth-order valence-electron chi connectivity index (χ4n) is 3.79. The number of hydrogen-bond acceptors (Lipinski definition) is 3. The molecule has 0 saturated carbocycles. The molecule has 0 bridgehead atoms. The Bertz CT molecular complexity index is 613. The molecule has 3 atom stereocenters. The minimum atomic E-state index is -1.53. The van der Waals surface area contributed by atoms with Gasteiger partial charge in [-0.3, -0.25) is 0 Å². The Kier molecular flexibility index (Phi) is 5.45. The maximum atomic E-state index is 2.89. The lowest BCUT2D eigenvalue weighted by molar-refractivity contribution is 0.239. The third-order valence-corrected chi connectivity index (χ3v) is 15.3. The van der Waals surface area contributed by atoms with Crippen LogP contribution in [0.4, 0.5) is 5.69 Å². The highest BCUT2D eigenvalue weighted by molar-refractivity contribution is 7.65. The summed E-state index contributed by atoms with van der Waals surface area (Å²) in [6.45, 7) is 28.9. The van der Waals surface area contributed by atoms with Crippen LogP contribution in [0.5, 0.6) is 0 Å². The lowest BCUT2D eigenvalue weighted by atomic mass is 10.1. The topological polar surface area (TPSA) is 9.26 Å². The second-order valence-corrected chi connectivity index (χ2v) is 22.9. The summed E-state index contributed by atoms with van der Waals surface area (Å²) >= 11 is 0. The van der Waals surface area contributed by atoms with Gasteiger partial charge in [0, 0.05) is 0 Å². The first-order valence-electron chi connectivity index (χ1n) is 9.42. The van der Waals surface area contributed by atoms with Gasteiger partial charge in [0.2, 0.25) is 0 Å². The third-order valence-electron chi connectivity index (χ3n) is 4.54. The van der Waals surface area contributed by atoms with Crippen molar-refractivity contribution in [3.8, 4) is 0 Å². The van der Waals surface area contributed by atoms with Crippen LogP contribution in [0.2, 0.25) is 39.3 Å². The predicted octanol–water partition coefficient (Wildman–Crippen LogP) is 6.38. The average Bonchev–Trinajstić information content (AvgIpc) is 3.05. The number of aryl methyl sites for hydroxylation is 3. The molecule has 0 aliphatic carbocycles. The Morgan fingerprint density at radius 1 is 0.880 bits per heavy atom. The Morgan fingerprint density at radius 2 is 1.32 bits per heavy atom. The summed E-state index contributed by atoms with van der Waals surface area (Å²) in [6.07, 6.45) is 0. The third kappa shape index (κ3) is 4.22. The van der Waals surface area contributed by atoms with Gasteiger partial charge in [-0.2, -0.15) is 0 Å². The van der Waals surface area contributed by atoms with E-state index < -0.39 is 24.8 Å². The molecule has 2 rings (SSSR count). The van der Waals surface area contributed by atoms with E-state index in [9.17, 15) is 0 Å². The highest BCUT2D eigenvalue weighted by atomic mass is 31.2. The van der Waals surface area contributed by atoms with E-state index in [1.54, 1.807) is 0 Å². The van der Waals surface area contributed by atoms with Gasteiger partial charge in [0.15, 0.2) is 16.5 Å². The predicted molar refractivity (Wildman–Crippen MR) is 122 cm³/mol. The highest BCUT2D eigenvalue weighted by Crippen LogP contribution is 2.72. The van der Waals surface area contributed by atoms with Gasteiger partial charge in [-0.05, 0) is 77.1 Å². The average molecular weight is 397 g/mol. The van der Waals surface area contributed by atoms with Crippen molar-refractivity contribution in [3.05, 3.63) is 28.8 Å². The van der Waals surface area contributed by atoms with E-state index in [0.29, 0.717) is 0 Å². The monoisotopic (exact) mass is 396 g/mol. The van der Waals surface area contributed by atoms with E-state index in [0.717, 1.165) is 0 Å². The first-order chi connectivity index (χ1) is 11.1. The van der Waals surface area contributed by atoms with E-state index in [2.05, 4.69) is 107 Å². The second kappa shape index (κ2) is 6.45. The molecule has 142 valence electrons. The largest absolute Gasteiger partial charge is 0.255 e. The summed E-state index contributed by atoms with van der Waals surface area (Å²) in [6, 6.07) is 4.72. The van der Waals surface area contributed by atoms with Gasteiger partial charge in [-0.1, -0.05) is 41.8 Å². The van der Waals surface area contributed by atoms with Gasteiger partial charge in [-0.25, -0.2) is 4.34 Å². The highest BCUT2D eigenvalue weighted by Gasteiger charge is 2.71. The van der Waals surface area contributed by atoms with Crippen molar-refractivity contribution in [3.63, 3.8) is 0 Å². The molecular formula is C19H39N3PSi2+. The summed E-state index contributed by atoms with van der Waals surface area (Å²) in [5.74, 6) is 0. The molecule has 1 aliphatic heterocycles. The molecule has 0 aromatic heterocycles. The van der Waals surface area contributed by atoms with E-state index in [1.807, 2.05) is 0 Å². The molecule has 3 unspecified atom stereocenters. The van der Waals surface area contributed by atoms with Crippen molar-refractivity contribution in [2.75, 3.05) is 4.34 Å². The van der Waals surface area contributed by atoms with Gasteiger partial charge in [0.1, 0.15) is 0 Å². The van der Waals surface area contributed by atoms with Gasteiger partial charge in [0.25, 0.3) is 8.37 Å². The Balaban J connectivity index is 2.61. The number of anilines is 1. The fraction of sp³-hybridized carbons (Fsp3) is 0.684. The molecule has 25 heavy (non-hydrogen) atoms. The van der Waals surface area contributed by atoms with E-state index in [-0.39, 0.29) is 5.54 Å². The zero-order valence-corrected chi connectivity index (χ0v) is 21.5. The van der Waals surface area contributed by atoms with E-state index >= 15 is 0 Å². The summed E-state index contributed by atoms with van der Waals surface area (Å²) in [5.41, 5.74) is 5.95. The van der Waals surface area contributed by atoms with Crippen molar-refractivity contribution in [2.45, 2.75) is 86.4 Å². The molecule has 1 fully saturated rings. The Hall–Kier alpha value is -0.196. The van der Waals surface area contributed by atoms with Crippen LogP contribution in [-0.2, 0) is 0 Å². The van der Waals surface area contributed by atoms with Crippen molar-refractivity contribution >= 4 is 30.5 Å². The van der Waals surface area contributed by atoms with E-state index in [1.165, 1.54) is 22.4 Å². The molecule has 0 spiro atoms. The zero-order chi connectivity index (χ0) is 19.5. The number of hydrogen-bond donors (Lipinski definition) is 0. The summed E-state index contributed by atoms with van der Waals surface area (Å²) < 4.78 is 8.45. The van der Waals surface area contributed by atoms with Crippen LogP contribution in [0.1, 0.15) is 37.5 Å². The molecule has 1 saturated heterocycles. The summed E-state index contributed by atoms with van der Waals surface area (Å²) in [5, 5.41) is 0. The quantitative estimate of drug-likeness (QED) is 0.332. The standard InChI is InChI=1S/C19H38N3PSi2/c1-15-13-16(2)18(17(3)14-15)20(24(7,8)9)23-21(19(4,5)6)22(23)25(10,11)12/h13-14H,1-12H3/p+1. The first-order valence-corrected chi connectivity index (χ1v) is 17.7. The minimum Gasteiger partial charge on any atom is -0.250 e. The van der Waals surface area contributed by atoms with Gasteiger partial charge >= 0.3 is 0 Å². The molecule has 1 heterocycles. The maximum absolute atomic E-state index is 2.89. The van der Waals surface area contributed by atoms with Crippen LogP contribution < -0.4 is 4.34 Å². The smallest absolute Gasteiger partial charge is 0.250 e. The second-order valence-electron chi connectivity index (χ2n) is 10.5. The molecule has 0 radical (unpaired) electrons.